The highest BCUT2D eigenvalue weighted by Crippen LogP contribution is 2.52. The minimum absolute atomic E-state index is 0.310. The van der Waals surface area contributed by atoms with Crippen LogP contribution in [-0.4, -0.2) is 24.1 Å². The Morgan fingerprint density at radius 1 is 1.00 bits per heavy atom. The normalized spacial score (nSPS) is 29.1. The van der Waals surface area contributed by atoms with Gasteiger partial charge >= 0.3 is 7.12 Å². The van der Waals surface area contributed by atoms with E-state index < -0.39 is 5.31 Å². The van der Waals surface area contributed by atoms with Gasteiger partial charge in [-0.05, 0) is 46.1 Å². The molecule has 1 saturated heterocycles. The molecule has 0 amide bonds. The molecule has 1 aromatic carbocycles. The molecule has 0 radical (unpaired) electrons. The number of benzene rings is 1. The van der Waals surface area contributed by atoms with Crippen LogP contribution < -0.4 is 0 Å². The lowest BCUT2D eigenvalue weighted by Gasteiger charge is -2.32. The summed E-state index contributed by atoms with van der Waals surface area (Å²) in [7, 11) is -0.389. The Morgan fingerprint density at radius 2 is 1.64 bits per heavy atom. The Kier molecular flexibility index (Phi) is 4.96. The molecule has 3 rings (SSSR count). The Balaban J connectivity index is 1.95. The number of carbonyl (C=O) groups is 1. The van der Waals surface area contributed by atoms with Gasteiger partial charge in [-0.15, -0.1) is 0 Å². The summed E-state index contributed by atoms with van der Waals surface area (Å²) in [5.74, 6) is 0.310. The van der Waals surface area contributed by atoms with E-state index in [0.717, 1.165) is 24.8 Å². The van der Waals surface area contributed by atoms with Crippen LogP contribution in [0, 0.1) is 0 Å². The van der Waals surface area contributed by atoms with Crippen molar-refractivity contribution in [1.82, 2.24) is 0 Å². The van der Waals surface area contributed by atoms with E-state index in [4.69, 9.17) is 9.31 Å². The van der Waals surface area contributed by atoms with Crippen molar-refractivity contribution in [1.29, 1.82) is 0 Å². The van der Waals surface area contributed by atoms with Crippen LogP contribution in [0.5, 0.6) is 0 Å². The van der Waals surface area contributed by atoms with E-state index in [1.807, 2.05) is 18.2 Å². The van der Waals surface area contributed by atoms with Crippen molar-refractivity contribution in [2.75, 3.05) is 0 Å². The Bertz CT molecular complexity index is 634. The Hall–Kier alpha value is -1.39. The standard InChI is InChI=1S/C21H29BO3/c1-19(2)20(3,4)25-22(24-19)21(14-9-8-12-18(23)16-21)15-13-17-10-6-5-7-11-17/h5-7,10-11,13,15H,8-9,12,14,16H2,1-4H3/b15-13+/t21-/m0/s1. The van der Waals surface area contributed by atoms with Gasteiger partial charge in [0.15, 0.2) is 0 Å². The molecule has 2 aliphatic rings. The Labute approximate surface area is 151 Å². The van der Waals surface area contributed by atoms with Crippen LogP contribution in [0.15, 0.2) is 36.4 Å². The van der Waals surface area contributed by atoms with Crippen molar-refractivity contribution in [3.63, 3.8) is 0 Å². The number of Topliss-reactive ketones (excluding diaryl/α,β-unsaturated/α-hetero) is 1. The van der Waals surface area contributed by atoms with Crippen LogP contribution in [0.25, 0.3) is 6.08 Å². The number of carbonyl (C=O) groups excluding carboxylic acids is 1. The fourth-order valence-electron chi connectivity index (χ4n) is 3.65. The SMILES string of the molecule is CC1(C)OB([C@]2(/C=C/c3ccccc3)CCCCC(=O)C2)OC1(C)C. The van der Waals surface area contributed by atoms with Crippen molar-refractivity contribution >= 4 is 19.0 Å². The highest BCUT2D eigenvalue weighted by molar-refractivity contribution is 6.51. The van der Waals surface area contributed by atoms with Crippen LogP contribution in [-0.2, 0) is 14.1 Å². The maximum Gasteiger partial charge on any atom is 0.469 e. The summed E-state index contributed by atoms with van der Waals surface area (Å²) < 4.78 is 12.7. The number of hydrogen-bond donors (Lipinski definition) is 0. The van der Waals surface area contributed by atoms with Gasteiger partial charge in [0.2, 0.25) is 0 Å². The summed E-state index contributed by atoms with van der Waals surface area (Å²) in [6.07, 6.45) is 8.35. The lowest BCUT2D eigenvalue weighted by atomic mass is 9.53. The van der Waals surface area contributed by atoms with E-state index in [-0.39, 0.29) is 18.3 Å². The monoisotopic (exact) mass is 340 g/mol. The van der Waals surface area contributed by atoms with E-state index in [1.165, 1.54) is 0 Å². The Morgan fingerprint density at radius 3 is 2.28 bits per heavy atom. The van der Waals surface area contributed by atoms with Crippen LogP contribution in [0.4, 0.5) is 0 Å². The average Bonchev–Trinajstić information content (AvgIpc) is 2.70. The lowest BCUT2D eigenvalue weighted by molar-refractivity contribution is -0.119. The van der Waals surface area contributed by atoms with Gasteiger partial charge in [-0.2, -0.15) is 0 Å². The van der Waals surface area contributed by atoms with Gasteiger partial charge in [-0.3, -0.25) is 4.79 Å². The maximum atomic E-state index is 12.4. The van der Waals surface area contributed by atoms with Gasteiger partial charge in [0.05, 0.1) is 11.2 Å². The maximum absolute atomic E-state index is 12.4. The molecule has 1 saturated carbocycles. The molecule has 1 aliphatic carbocycles. The van der Waals surface area contributed by atoms with Crippen molar-refractivity contribution in [2.45, 2.75) is 76.3 Å². The van der Waals surface area contributed by atoms with Gasteiger partial charge < -0.3 is 9.31 Å². The van der Waals surface area contributed by atoms with Crippen molar-refractivity contribution in [3.8, 4) is 0 Å². The zero-order chi connectivity index (χ0) is 18.1. The summed E-state index contributed by atoms with van der Waals surface area (Å²) >= 11 is 0. The third-order valence-corrected chi connectivity index (χ3v) is 6.00. The molecular weight excluding hydrogens is 311 g/mol. The predicted octanol–water partition coefficient (Wildman–Crippen LogP) is 5.07. The third-order valence-electron chi connectivity index (χ3n) is 6.00. The van der Waals surface area contributed by atoms with Crippen LogP contribution in [0.3, 0.4) is 0 Å². The molecule has 3 nitrogen and oxygen atoms in total. The molecule has 4 heteroatoms. The van der Waals surface area contributed by atoms with E-state index in [9.17, 15) is 4.79 Å². The fraction of sp³-hybridized carbons (Fsp3) is 0.571. The van der Waals surface area contributed by atoms with Crippen molar-refractivity contribution in [3.05, 3.63) is 42.0 Å². The zero-order valence-corrected chi connectivity index (χ0v) is 15.9. The molecule has 0 spiro atoms. The minimum Gasteiger partial charge on any atom is -0.403 e. The molecule has 1 atom stereocenters. The largest absolute Gasteiger partial charge is 0.469 e. The van der Waals surface area contributed by atoms with Crippen LogP contribution in [0.1, 0.15) is 65.4 Å². The number of ketones is 1. The lowest BCUT2D eigenvalue weighted by Crippen LogP contribution is -2.41. The highest BCUT2D eigenvalue weighted by Gasteiger charge is 2.59. The first-order chi connectivity index (χ1) is 11.7. The molecule has 1 aromatic rings. The van der Waals surface area contributed by atoms with Crippen molar-refractivity contribution in [2.24, 2.45) is 0 Å². The van der Waals surface area contributed by atoms with E-state index >= 15 is 0 Å². The number of rotatable bonds is 3. The first-order valence-electron chi connectivity index (χ1n) is 9.36. The summed E-state index contributed by atoms with van der Waals surface area (Å²) in [5.41, 5.74) is 0.358. The first-order valence-corrected chi connectivity index (χ1v) is 9.36. The third kappa shape index (κ3) is 3.75. The summed E-state index contributed by atoms with van der Waals surface area (Å²) in [6, 6.07) is 10.2. The summed E-state index contributed by atoms with van der Waals surface area (Å²) in [6.45, 7) is 8.28. The predicted molar refractivity (Wildman–Crippen MR) is 102 cm³/mol. The molecule has 0 unspecified atom stereocenters. The second kappa shape index (κ2) is 6.73. The van der Waals surface area contributed by atoms with Crippen molar-refractivity contribution < 1.29 is 14.1 Å². The van der Waals surface area contributed by atoms with E-state index in [2.05, 4.69) is 52.0 Å². The summed E-state index contributed by atoms with van der Waals surface area (Å²) in [5, 5.41) is -0.394. The zero-order valence-electron chi connectivity index (χ0n) is 15.9. The van der Waals surface area contributed by atoms with E-state index in [1.54, 1.807) is 0 Å². The van der Waals surface area contributed by atoms with Gasteiger partial charge in [0.25, 0.3) is 0 Å². The molecule has 2 fully saturated rings. The molecule has 134 valence electrons. The molecule has 0 N–H and O–H groups in total. The van der Waals surface area contributed by atoms with Crippen LogP contribution in [0.2, 0.25) is 5.31 Å². The highest BCUT2D eigenvalue weighted by atomic mass is 16.7. The molecular formula is C21H29BO3. The second-order valence-corrected chi connectivity index (χ2v) is 8.49. The molecule has 1 heterocycles. The van der Waals surface area contributed by atoms with Crippen LogP contribution >= 0.6 is 0 Å². The van der Waals surface area contributed by atoms with Gasteiger partial charge in [-0.1, -0.05) is 48.9 Å². The fourth-order valence-corrected chi connectivity index (χ4v) is 3.65. The number of allylic oxidation sites excluding steroid dienone is 1. The van der Waals surface area contributed by atoms with Gasteiger partial charge in [-0.25, -0.2) is 0 Å². The quantitative estimate of drug-likeness (QED) is 0.569. The average molecular weight is 340 g/mol. The first kappa shape index (κ1) is 18.4. The molecule has 0 aromatic heterocycles. The topological polar surface area (TPSA) is 35.5 Å². The van der Waals surface area contributed by atoms with Gasteiger partial charge in [0, 0.05) is 18.2 Å². The van der Waals surface area contributed by atoms with Gasteiger partial charge in [0.1, 0.15) is 5.78 Å². The minimum atomic E-state index is -0.394. The van der Waals surface area contributed by atoms with E-state index in [0.29, 0.717) is 18.6 Å². The molecule has 0 bridgehead atoms. The second-order valence-electron chi connectivity index (χ2n) is 8.49. The summed E-state index contributed by atoms with van der Waals surface area (Å²) in [4.78, 5) is 12.4. The molecule has 25 heavy (non-hydrogen) atoms. The molecule has 1 aliphatic heterocycles. The number of hydrogen-bond acceptors (Lipinski definition) is 3. The smallest absolute Gasteiger partial charge is 0.403 e.